The normalized spacial score (nSPS) is 15.8. The number of aromatic nitrogens is 2. The second kappa shape index (κ2) is 6.14. The summed E-state index contributed by atoms with van der Waals surface area (Å²) in [5.41, 5.74) is 1.66. The molecule has 4 heterocycles. The fourth-order valence-electron chi connectivity index (χ4n) is 2.88. The molecule has 3 aromatic heterocycles. The van der Waals surface area contributed by atoms with E-state index in [0.717, 1.165) is 34.9 Å². The van der Waals surface area contributed by atoms with Crippen LogP contribution in [0.5, 0.6) is 0 Å². The number of fused-ring (bicyclic) bond motifs is 1. The Balaban J connectivity index is 1.72. The van der Waals surface area contributed by atoms with E-state index in [1.165, 1.54) is 0 Å². The minimum atomic E-state index is 0.00852. The maximum absolute atomic E-state index is 12.6. The molecule has 0 unspecified atom stereocenters. The van der Waals surface area contributed by atoms with Crippen LogP contribution in [0.2, 0.25) is 0 Å². The number of imidazole rings is 1. The van der Waals surface area contributed by atoms with E-state index < -0.39 is 0 Å². The Morgan fingerprint density at radius 2 is 2.13 bits per heavy atom. The summed E-state index contributed by atoms with van der Waals surface area (Å²) in [5.74, 6) is 0.811. The number of rotatable bonds is 3. The SMILES string of the molecule is O=C(Nc1c(-c2cccs2)nc2ccccn12)C1CCOCC1. The molecular formula is C17H17N3O2S. The summed E-state index contributed by atoms with van der Waals surface area (Å²) in [6.45, 7) is 1.31. The average molecular weight is 327 g/mol. The quantitative estimate of drug-likeness (QED) is 0.802. The van der Waals surface area contributed by atoms with Gasteiger partial charge < -0.3 is 10.1 Å². The molecule has 1 aliphatic rings. The van der Waals surface area contributed by atoms with Crippen molar-refractivity contribution in [3.63, 3.8) is 0 Å². The second-order valence-corrected chi connectivity index (χ2v) is 6.54. The number of hydrogen-bond acceptors (Lipinski definition) is 4. The number of nitrogens with one attached hydrogen (secondary N) is 1. The first-order valence-electron chi connectivity index (χ1n) is 7.72. The van der Waals surface area contributed by atoms with Crippen molar-refractivity contribution in [3.05, 3.63) is 41.9 Å². The zero-order valence-corrected chi connectivity index (χ0v) is 13.4. The number of hydrogen-bond donors (Lipinski definition) is 1. The average Bonchev–Trinajstić information content (AvgIpc) is 3.24. The number of ether oxygens (including phenoxy) is 1. The van der Waals surface area contributed by atoms with Gasteiger partial charge in [-0.05, 0) is 36.4 Å². The molecule has 6 heteroatoms. The fraction of sp³-hybridized carbons (Fsp3) is 0.294. The zero-order valence-electron chi connectivity index (χ0n) is 12.6. The van der Waals surface area contributed by atoms with Crippen LogP contribution in [0.25, 0.3) is 16.2 Å². The van der Waals surface area contributed by atoms with Gasteiger partial charge >= 0.3 is 0 Å². The molecule has 0 bridgehead atoms. The molecule has 118 valence electrons. The lowest BCUT2D eigenvalue weighted by molar-refractivity contribution is -0.122. The highest BCUT2D eigenvalue weighted by Crippen LogP contribution is 2.32. The van der Waals surface area contributed by atoms with Crippen molar-refractivity contribution in [2.45, 2.75) is 12.8 Å². The standard InChI is InChI=1S/C17H17N3O2S/c21-17(12-6-9-22-10-7-12)19-16-15(13-4-3-11-23-13)18-14-5-1-2-8-20(14)16/h1-5,8,11-12H,6-7,9-10H2,(H,19,21). The van der Waals surface area contributed by atoms with Gasteiger partial charge in [-0.15, -0.1) is 11.3 Å². The van der Waals surface area contributed by atoms with Crippen molar-refractivity contribution in [1.82, 2.24) is 9.38 Å². The van der Waals surface area contributed by atoms with E-state index in [4.69, 9.17) is 4.74 Å². The lowest BCUT2D eigenvalue weighted by Gasteiger charge is -2.21. The van der Waals surface area contributed by atoms with Gasteiger partial charge in [-0.3, -0.25) is 9.20 Å². The molecule has 23 heavy (non-hydrogen) atoms. The van der Waals surface area contributed by atoms with E-state index >= 15 is 0 Å². The second-order valence-electron chi connectivity index (χ2n) is 5.59. The monoisotopic (exact) mass is 327 g/mol. The number of carbonyl (C=O) groups is 1. The van der Waals surface area contributed by atoms with E-state index in [0.29, 0.717) is 13.2 Å². The summed E-state index contributed by atoms with van der Waals surface area (Å²) < 4.78 is 7.28. The summed E-state index contributed by atoms with van der Waals surface area (Å²) in [6.07, 6.45) is 3.48. The Morgan fingerprint density at radius 1 is 1.26 bits per heavy atom. The Morgan fingerprint density at radius 3 is 2.91 bits per heavy atom. The predicted molar refractivity (Wildman–Crippen MR) is 90.7 cm³/mol. The molecule has 0 aromatic carbocycles. The molecule has 0 radical (unpaired) electrons. The van der Waals surface area contributed by atoms with E-state index in [9.17, 15) is 4.79 Å². The topological polar surface area (TPSA) is 55.6 Å². The molecular weight excluding hydrogens is 310 g/mol. The maximum atomic E-state index is 12.6. The van der Waals surface area contributed by atoms with Crippen LogP contribution in [-0.2, 0) is 9.53 Å². The van der Waals surface area contributed by atoms with Crippen molar-refractivity contribution in [1.29, 1.82) is 0 Å². The smallest absolute Gasteiger partial charge is 0.228 e. The molecule has 1 N–H and O–H groups in total. The van der Waals surface area contributed by atoms with Gasteiger partial charge in [-0.1, -0.05) is 12.1 Å². The Kier molecular flexibility index (Phi) is 3.85. The van der Waals surface area contributed by atoms with Crippen LogP contribution in [0, 0.1) is 5.92 Å². The van der Waals surface area contributed by atoms with Gasteiger partial charge in [0.2, 0.25) is 5.91 Å². The molecule has 5 nitrogen and oxygen atoms in total. The van der Waals surface area contributed by atoms with Crippen LogP contribution in [0.15, 0.2) is 41.9 Å². The lowest BCUT2D eigenvalue weighted by Crippen LogP contribution is -2.29. The molecule has 4 rings (SSSR count). The van der Waals surface area contributed by atoms with E-state index in [1.54, 1.807) is 11.3 Å². The minimum absolute atomic E-state index is 0.00852. The van der Waals surface area contributed by atoms with Crippen LogP contribution in [-0.4, -0.2) is 28.5 Å². The molecule has 0 saturated carbocycles. The predicted octanol–water partition coefficient (Wildman–Crippen LogP) is 3.43. The van der Waals surface area contributed by atoms with Gasteiger partial charge in [0, 0.05) is 25.3 Å². The number of pyridine rings is 1. The summed E-state index contributed by atoms with van der Waals surface area (Å²) in [7, 11) is 0. The van der Waals surface area contributed by atoms with Crippen molar-refractivity contribution in [2.75, 3.05) is 18.5 Å². The highest BCUT2D eigenvalue weighted by atomic mass is 32.1. The first-order valence-corrected chi connectivity index (χ1v) is 8.60. The lowest BCUT2D eigenvalue weighted by atomic mass is 9.99. The highest BCUT2D eigenvalue weighted by molar-refractivity contribution is 7.13. The van der Waals surface area contributed by atoms with Gasteiger partial charge in [-0.25, -0.2) is 4.98 Å². The third-order valence-electron chi connectivity index (χ3n) is 4.12. The van der Waals surface area contributed by atoms with Gasteiger partial charge in [0.25, 0.3) is 0 Å². The molecule has 1 amide bonds. The number of carbonyl (C=O) groups excluding carboxylic acids is 1. The van der Waals surface area contributed by atoms with Gasteiger partial charge in [0.1, 0.15) is 17.2 Å². The largest absolute Gasteiger partial charge is 0.381 e. The third-order valence-corrected chi connectivity index (χ3v) is 4.99. The Bertz CT molecular complexity index is 820. The van der Waals surface area contributed by atoms with Crippen molar-refractivity contribution >= 4 is 28.7 Å². The van der Waals surface area contributed by atoms with E-state index in [-0.39, 0.29) is 11.8 Å². The molecule has 1 aliphatic heterocycles. The summed E-state index contributed by atoms with van der Waals surface area (Å²) >= 11 is 1.62. The van der Waals surface area contributed by atoms with Crippen molar-refractivity contribution < 1.29 is 9.53 Å². The molecule has 0 aliphatic carbocycles. The first-order chi connectivity index (χ1) is 11.3. The van der Waals surface area contributed by atoms with Crippen LogP contribution in [0.3, 0.4) is 0 Å². The van der Waals surface area contributed by atoms with E-state index in [1.807, 2.05) is 46.3 Å². The van der Waals surface area contributed by atoms with Gasteiger partial charge in [-0.2, -0.15) is 0 Å². The highest BCUT2D eigenvalue weighted by Gasteiger charge is 2.24. The fourth-order valence-corrected chi connectivity index (χ4v) is 3.59. The van der Waals surface area contributed by atoms with Crippen LogP contribution in [0.1, 0.15) is 12.8 Å². The molecule has 1 saturated heterocycles. The van der Waals surface area contributed by atoms with Crippen molar-refractivity contribution in [2.24, 2.45) is 5.92 Å². The number of thiophene rings is 1. The maximum Gasteiger partial charge on any atom is 0.228 e. The summed E-state index contributed by atoms with van der Waals surface area (Å²) in [6, 6.07) is 9.85. The van der Waals surface area contributed by atoms with Crippen LogP contribution in [0.4, 0.5) is 5.82 Å². The molecule has 0 spiro atoms. The zero-order chi connectivity index (χ0) is 15.6. The molecule has 0 atom stereocenters. The molecule has 1 fully saturated rings. The van der Waals surface area contributed by atoms with Crippen LogP contribution >= 0.6 is 11.3 Å². The van der Waals surface area contributed by atoms with Gasteiger partial charge in [0.05, 0.1) is 4.88 Å². The summed E-state index contributed by atoms with van der Waals surface area (Å²) in [5, 5.41) is 5.12. The van der Waals surface area contributed by atoms with Crippen molar-refractivity contribution in [3.8, 4) is 10.6 Å². The first kappa shape index (κ1) is 14.4. The minimum Gasteiger partial charge on any atom is -0.381 e. The number of nitrogens with zero attached hydrogens (tertiary/aromatic N) is 2. The van der Waals surface area contributed by atoms with E-state index in [2.05, 4.69) is 10.3 Å². The van der Waals surface area contributed by atoms with Crippen LogP contribution < -0.4 is 5.32 Å². The number of anilines is 1. The Labute approximate surface area is 137 Å². The number of amides is 1. The third kappa shape index (κ3) is 2.75. The molecule has 3 aromatic rings. The Hall–Kier alpha value is -2.18. The van der Waals surface area contributed by atoms with Gasteiger partial charge in [0.15, 0.2) is 0 Å². The summed E-state index contributed by atoms with van der Waals surface area (Å²) in [4.78, 5) is 18.4.